The number of hydrogen-bond acceptors (Lipinski definition) is 14. The van der Waals surface area contributed by atoms with Gasteiger partial charge in [-0.3, -0.25) is 0 Å². The molecule has 16 nitrogen and oxygen atoms in total. The summed E-state index contributed by atoms with van der Waals surface area (Å²) in [5.74, 6) is 4.73. The van der Waals surface area contributed by atoms with Crippen molar-refractivity contribution in [3.63, 3.8) is 0 Å². The predicted octanol–water partition coefficient (Wildman–Crippen LogP) is 9.76. The van der Waals surface area contributed by atoms with E-state index in [-0.39, 0.29) is 7.43 Å². The molecule has 8 aromatic rings. The number of aromatic amines is 2. The van der Waals surface area contributed by atoms with Crippen LogP contribution in [0.1, 0.15) is 58.8 Å². The third kappa shape index (κ3) is 11.1. The monoisotopic (exact) mass is 882 g/mol. The van der Waals surface area contributed by atoms with Crippen molar-refractivity contribution >= 4 is 43.9 Å². The minimum absolute atomic E-state index is 0. The number of nitrogens with one attached hydrogen (secondary N) is 2. The molecule has 2 fully saturated rings. The van der Waals surface area contributed by atoms with Crippen molar-refractivity contribution < 1.29 is 28.4 Å². The molecule has 8 heterocycles. The topological polar surface area (TPSA) is 171 Å². The average Bonchev–Trinajstić information content (AvgIpc) is 4.02. The van der Waals surface area contributed by atoms with Gasteiger partial charge in [-0.25, -0.2) is 29.9 Å². The lowest BCUT2D eigenvalue weighted by Gasteiger charge is -2.26. The molecule has 0 amide bonds. The van der Waals surface area contributed by atoms with Crippen LogP contribution in [-0.4, -0.2) is 116 Å². The Morgan fingerprint density at radius 3 is 1.40 bits per heavy atom. The predicted molar refractivity (Wildman–Crippen MR) is 252 cm³/mol. The lowest BCUT2D eigenvalue weighted by molar-refractivity contribution is 0.203. The van der Waals surface area contributed by atoms with Gasteiger partial charge in [0, 0.05) is 48.4 Å². The number of ether oxygens (including phenoxy) is 6. The number of likely N-dealkylation sites (tertiary alicyclic amines) is 2. The minimum Gasteiger partial charge on any atom is -0.493 e. The van der Waals surface area contributed by atoms with Gasteiger partial charge < -0.3 is 48.2 Å². The van der Waals surface area contributed by atoms with Crippen LogP contribution in [0.3, 0.4) is 0 Å². The van der Waals surface area contributed by atoms with Crippen LogP contribution in [0.15, 0.2) is 86.0 Å². The summed E-state index contributed by atoms with van der Waals surface area (Å²) >= 11 is 0. The standard InChI is InChI=1S/2C24H27N5O3.CH4/c2*1-30-21-13-19-20(14-22(21)31-11-5-10-29-8-3-2-4-9-29)27-16-28-24(19)32-18-12-17-6-7-25-23(17)26-15-18;/h2*6-7,12-16H,2-5,8-11H2,1H3,(H,25,26);1H4. The van der Waals surface area contributed by atoms with Crippen molar-refractivity contribution in [3.05, 3.63) is 86.0 Å². The third-order valence-electron chi connectivity index (χ3n) is 11.6. The zero-order valence-electron chi connectivity index (χ0n) is 36.4. The molecule has 0 bridgehead atoms. The van der Waals surface area contributed by atoms with E-state index in [1.165, 1.54) is 77.4 Å². The maximum absolute atomic E-state index is 6.06. The van der Waals surface area contributed by atoms with E-state index < -0.39 is 0 Å². The van der Waals surface area contributed by atoms with E-state index >= 15 is 0 Å². The number of hydrogen-bond donors (Lipinski definition) is 2. The number of methoxy groups -OCH3 is 2. The molecule has 16 heteroatoms. The Hall–Kier alpha value is -6.78. The first-order chi connectivity index (χ1) is 31.6. The van der Waals surface area contributed by atoms with Gasteiger partial charge in [-0.2, -0.15) is 0 Å². The summed E-state index contributed by atoms with van der Waals surface area (Å²) in [6, 6.07) is 15.2. The molecule has 0 aliphatic carbocycles. The van der Waals surface area contributed by atoms with Gasteiger partial charge in [-0.05, 0) is 101 Å². The summed E-state index contributed by atoms with van der Waals surface area (Å²) in [7, 11) is 3.27. The molecule has 65 heavy (non-hydrogen) atoms. The van der Waals surface area contributed by atoms with Gasteiger partial charge in [0.2, 0.25) is 11.8 Å². The molecule has 0 saturated carbocycles. The molecule has 10 rings (SSSR count). The van der Waals surface area contributed by atoms with Gasteiger partial charge in [0.25, 0.3) is 0 Å². The summed E-state index contributed by atoms with van der Waals surface area (Å²) in [5, 5.41) is 3.44. The highest BCUT2D eigenvalue weighted by molar-refractivity contribution is 5.88. The highest BCUT2D eigenvalue weighted by Crippen LogP contribution is 2.38. The molecule has 0 unspecified atom stereocenters. The second-order valence-electron chi connectivity index (χ2n) is 16.0. The van der Waals surface area contributed by atoms with Crippen LogP contribution in [0.25, 0.3) is 43.9 Å². The van der Waals surface area contributed by atoms with Crippen molar-refractivity contribution in [2.24, 2.45) is 0 Å². The molecule has 2 aromatic carbocycles. The summed E-state index contributed by atoms with van der Waals surface area (Å²) in [4.78, 5) is 37.4. The fourth-order valence-electron chi connectivity index (χ4n) is 8.27. The largest absolute Gasteiger partial charge is 0.493 e. The van der Waals surface area contributed by atoms with E-state index in [2.05, 4.69) is 49.7 Å². The Labute approximate surface area is 378 Å². The molecule has 0 spiro atoms. The van der Waals surface area contributed by atoms with E-state index in [1.54, 1.807) is 26.6 Å². The Morgan fingerprint density at radius 2 is 0.969 bits per heavy atom. The molecular weight excluding hydrogens is 825 g/mol. The van der Waals surface area contributed by atoms with Crippen molar-refractivity contribution in [2.45, 2.75) is 58.8 Å². The lowest BCUT2D eigenvalue weighted by Crippen LogP contribution is -2.31. The molecular formula is C49H58N10O6. The van der Waals surface area contributed by atoms with Gasteiger partial charge in [0.1, 0.15) is 35.4 Å². The van der Waals surface area contributed by atoms with Crippen molar-refractivity contribution in [3.8, 4) is 46.3 Å². The van der Waals surface area contributed by atoms with Crippen LogP contribution in [0.2, 0.25) is 0 Å². The number of rotatable bonds is 16. The normalized spacial score (nSPS) is 14.4. The molecule has 340 valence electrons. The Bertz CT molecular complexity index is 2600. The van der Waals surface area contributed by atoms with E-state index in [1.807, 2.05) is 60.9 Å². The third-order valence-corrected chi connectivity index (χ3v) is 11.6. The molecule has 2 aliphatic heterocycles. The zero-order chi connectivity index (χ0) is 43.5. The second-order valence-corrected chi connectivity index (χ2v) is 16.0. The van der Waals surface area contributed by atoms with Crippen LogP contribution in [-0.2, 0) is 0 Å². The number of pyridine rings is 2. The summed E-state index contributed by atoms with van der Waals surface area (Å²) in [6.07, 6.45) is 19.9. The fourth-order valence-corrected chi connectivity index (χ4v) is 8.27. The van der Waals surface area contributed by atoms with Crippen molar-refractivity contribution in [1.82, 2.24) is 49.7 Å². The maximum Gasteiger partial charge on any atom is 0.230 e. The van der Waals surface area contributed by atoms with E-state index in [9.17, 15) is 0 Å². The summed E-state index contributed by atoms with van der Waals surface area (Å²) in [6.45, 7) is 8.20. The fraction of sp³-hybridized carbons (Fsp3) is 0.388. The molecule has 6 aromatic heterocycles. The SMILES string of the molecule is C.COc1cc2c(Oc3cnc4[nH]ccc4c3)ncnc2cc1OCCCN1CCCCC1.COc1cc2c(Oc3cnc4[nH]ccc4c3)ncnc2cc1OCCCN1CCCCC1. The Balaban J connectivity index is 0.000000175. The average molecular weight is 883 g/mol. The van der Waals surface area contributed by atoms with E-state index in [0.29, 0.717) is 59.5 Å². The number of nitrogens with zero attached hydrogens (tertiary/aromatic N) is 8. The number of benzene rings is 2. The maximum atomic E-state index is 6.06. The first kappa shape index (κ1) is 44.8. The second kappa shape index (κ2) is 21.7. The van der Waals surface area contributed by atoms with Crippen LogP contribution in [0.5, 0.6) is 46.3 Å². The van der Waals surface area contributed by atoms with Gasteiger partial charge >= 0.3 is 0 Å². The Morgan fingerprint density at radius 1 is 0.523 bits per heavy atom. The van der Waals surface area contributed by atoms with Crippen molar-refractivity contribution in [2.75, 3.05) is 66.7 Å². The first-order valence-electron chi connectivity index (χ1n) is 22.2. The molecule has 2 N–H and O–H groups in total. The smallest absolute Gasteiger partial charge is 0.230 e. The molecule has 0 radical (unpaired) electrons. The van der Waals surface area contributed by atoms with Gasteiger partial charge in [-0.15, -0.1) is 0 Å². The van der Waals surface area contributed by atoms with Gasteiger partial charge in [0.05, 0.1) is 61.6 Å². The highest BCUT2D eigenvalue weighted by Gasteiger charge is 2.17. The summed E-state index contributed by atoms with van der Waals surface area (Å²) < 4.78 is 35.4. The summed E-state index contributed by atoms with van der Waals surface area (Å²) in [5.41, 5.74) is 3.09. The van der Waals surface area contributed by atoms with E-state index in [0.717, 1.165) is 69.8 Å². The van der Waals surface area contributed by atoms with Crippen LogP contribution in [0.4, 0.5) is 0 Å². The molecule has 2 saturated heterocycles. The van der Waals surface area contributed by atoms with Gasteiger partial charge in [0.15, 0.2) is 23.0 Å². The number of fused-ring (bicyclic) bond motifs is 4. The zero-order valence-corrected chi connectivity index (χ0v) is 36.4. The van der Waals surface area contributed by atoms with E-state index in [4.69, 9.17) is 28.4 Å². The minimum atomic E-state index is 0. The van der Waals surface area contributed by atoms with Crippen molar-refractivity contribution in [1.29, 1.82) is 0 Å². The van der Waals surface area contributed by atoms with Crippen LogP contribution in [0, 0.1) is 0 Å². The Kier molecular flexibility index (Phi) is 15.0. The van der Waals surface area contributed by atoms with Crippen LogP contribution >= 0.6 is 0 Å². The number of H-pyrrole nitrogens is 2. The molecule has 2 aliphatic rings. The quantitative estimate of drug-likeness (QED) is 0.0879. The number of aromatic nitrogens is 8. The highest BCUT2D eigenvalue weighted by atomic mass is 16.5. The number of piperidine rings is 2. The van der Waals surface area contributed by atoms with Gasteiger partial charge in [-0.1, -0.05) is 20.3 Å². The lowest BCUT2D eigenvalue weighted by atomic mass is 10.1. The molecule has 0 atom stereocenters. The van der Waals surface area contributed by atoms with Crippen LogP contribution < -0.4 is 28.4 Å². The first-order valence-corrected chi connectivity index (χ1v) is 22.2.